The van der Waals surface area contributed by atoms with E-state index in [1.807, 2.05) is 6.08 Å². The average molecular weight is 96.1 g/mol. The lowest BCUT2D eigenvalue weighted by atomic mass is 10.4. The normalized spacial score (nSPS) is 18.3. The van der Waals surface area contributed by atoms with Crippen LogP contribution in [-0.4, -0.2) is 12.9 Å². The minimum atomic E-state index is 0.826. The fourth-order valence-corrected chi connectivity index (χ4v) is 0.367. The van der Waals surface area contributed by atoms with Gasteiger partial charge < -0.3 is 4.74 Å². The number of aliphatic imine (C=N–C) groups is 1. The van der Waals surface area contributed by atoms with Crippen LogP contribution in [0.5, 0.6) is 0 Å². The number of hydrogen-bond donors (Lipinski definition) is 0. The van der Waals surface area contributed by atoms with Gasteiger partial charge in [0.1, 0.15) is 0 Å². The number of rotatable bonds is 0. The molecule has 0 aromatic rings. The molecule has 0 saturated heterocycles. The first kappa shape index (κ1) is 4.37. The summed E-state index contributed by atoms with van der Waals surface area (Å²) >= 11 is 0. The lowest BCUT2D eigenvalue weighted by Gasteiger charge is -1.77. The summed E-state index contributed by atoms with van der Waals surface area (Å²) < 4.78 is 4.60. The largest absolute Gasteiger partial charge is 0.443 e. The van der Waals surface area contributed by atoms with Gasteiger partial charge in [0.05, 0.1) is 0 Å². The molecule has 0 amide bonds. The summed E-state index contributed by atoms with van der Waals surface area (Å²) in [6.07, 6.45) is 6.75. The van der Waals surface area contributed by atoms with Gasteiger partial charge in [-0.3, -0.25) is 4.99 Å². The zero-order valence-corrected chi connectivity index (χ0v) is 3.92. The van der Waals surface area contributed by atoms with Crippen molar-refractivity contribution >= 4 is 6.40 Å². The molecule has 1 aliphatic rings. The van der Waals surface area contributed by atoms with E-state index in [0.29, 0.717) is 0 Å². The maximum absolute atomic E-state index is 4.60. The van der Waals surface area contributed by atoms with Crippen LogP contribution in [0.4, 0.5) is 0 Å². The van der Waals surface area contributed by atoms with E-state index in [-0.39, 0.29) is 0 Å². The lowest BCUT2D eigenvalue weighted by Crippen LogP contribution is -1.73. The van der Waals surface area contributed by atoms with Crippen LogP contribution in [0.3, 0.4) is 0 Å². The average Bonchev–Trinajstić information content (AvgIpc) is 1.90. The van der Waals surface area contributed by atoms with Crippen LogP contribution in [0.25, 0.3) is 0 Å². The summed E-state index contributed by atoms with van der Waals surface area (Å²) in [4.78, 5) is 3.83. The highest BCUT2D eigenvalue weighted by atomic mass is 16.5. The Morgan fingerprint density at radius 3 is 3.71 bits per heavy atom. The monoisotopic (exact) mass is 96.0 g/mol. The van der Waals surface area contributed by atoms with E-state index in [1.54, 1.807) is 0 Å². The van der Waals surface area contributed by atoms with Crippen molar-refractivity contribution < 1.29 is 4.74 Å². The predicted molar refractivity (Wildman–Crippen MR) is 26.9 cm³/mol. The minimum absolute atomic E-state index is 0.826. The highest BCUT2D eigenvalue weighted by Crippen LogP contribution is 1.87. The van der Waals surface area contributed by atoms with E-state index in [2.05, 4.69) is 16.0 Å². The Morgan fingerprint density at radius 2 is 2.71 bits per heavy atom. The predicted octanol–water partition coefficient (Wildman–Crippen LogP) is 0.752. The van der Waals surface area contributed by atoms with Crippen LogP contribution in [0.15, 0.2) is 11.1 Å². The molecule has 2 nitrogen and oxygen atoms in total. The van der Waals surface area contributed by atoms with Crippen LogP contribution in [-0.2, 0) is 4.74 Å². The summed E-state index contributed by atoms with van der Waals surface area (Å²) in [5, 5.41) is 0. The molecule has 0 aromatic heterocycles. The Bertz CT molecular complexity index is 84.3. The van der Waals surface area contributed by atoms with Crippen molar-refractivity contribution in [3.05, 3.63) is 12.3 Å². The molecule has 0 bridgehead atoms. The van der Waals surface area contributed by atoms with Gasteiger partial charge in [-0.2, -0.15) is 0 Å². The second-order valence-electron chi connectivity index (χ2n) is 1.24. The fourth-order valence-electron chi connectivity index (χ4n) is 0.367. The molecule has 1 radical (unpaired) electrons. The molecule has 0 saturated carbocycles. The third-order valence-electron chi connectivity index (χ3n) is 0.681. The molecule has 1 heterocycles. The number of ether oxygens (including phenoxy) is 1. The molecule has 0 unspecified atom stereocenters. The van der Waals surface area contributed by atoms with Crippen LogP contribution in [0.1, 0.15) is 6.42 Å². The molecule has 7 heavy (non-hydrogen) atoms. The molecule has 0 N–H and O–H groups in total. The standard InChI is InChI=1S/C5H6NO/c1-2-4-7-5-6-3-1/h2,5H,1,3H2. The molecule has 1 aliphatic heterocycles. The molecular formula is C5H6NO. The number of nitrogens with zero attached hydrogens (tertiary/aromatic N) is 1. The Labute approximate surface area is 42.5 Å². The van der Waals surface area contributed by atoms with Crippen LogP contribution >= 0.6 is 0 Å². The van der Waals surface area contributed by atoms with Crippen molar-refractivity contribution in [1.29, 1.82) is 0 Å². The van der Waals surface area contributed by atoms with Gasteiger partial charge in [-0.05, 0) is 12.5 Å². The Balaban J connectivity index is 2.38. The molecule has 37 valence electrons. The summed E-state index contributed by atoms with van der Waals surface area (Å²) in [6, 6.07) is 0. The molecule has 0 aromatic carbocycles. The third kappa shape index (κ3) is 1.39. The van der Waals surface area contributed by atoms with Crippen molar-refractivity contribution in [2.75, 3.05) is 6.54 Å². The topological polar surface area (TPSA) is 21.6 Å². The zero-order chi connectivity index (χ0) is 4.95. The summed E-state index contributed by atoms with van der Waals surface area (Å²) in [6.45, 7) is 0.826. The van der Waals surface area contributed by atoms with Gasteiger partial charge in [0.2, 0.25) is 0 Å². The van der Waals surface area contributed by atoms with Crippen molar-refractivity contribution in [2.45, 2.75) is 6.42 Å². The van der Waals surface area contributed by atoms with Crippen LogP contribution in [0.2, 0.25) is 0 Å². The Morgan fingerprint density at radius 1 is 1.71 bits per heavy atom. The van der Waals surface area contributed by atoms with Gasteiger partial charge in [0, 0.05) is 6.54 Å². The van der Waals surface area contributed by atoms with Gasteiger partial charge in [0.25, 0.3) is 0 Å². The summed E-state index contributed by atoms with van der Waals surface area (Å²) in [7, 11) is 0. The molecule has 0 atom stereocenters. The minimum Gasteiger partial charge on any atom is -0.443 e. The van der Waals surface area contributed by atoms with Gasteiger partial charge in [-0.1, -0.05) is 0 Å². The Kier molecular flexibility index (Phi) is 1.50. The van der Waals surface area contributed by atoms with Crippen molar-refractivity contribution in [2.24, 2.45) is 4.99 Å². The fraction of sp³-hybridized carbons (Fsp3) is 0.400. The summed E-state index contributed by atoms with van der Waals surface area (Å²) in [5.41, 5.74) is 0. The van der Waals surface area contributed by atoms with Gasteiger partial charge in [-0.15, -0.1) is 0 Å². The highest BCUT2D eigenvalue weighted by Gasteiger charge is 1.81. The first-order valence-corrected chi connectivity index (χ1v) is 2.21. The van der Waals surface area contributed by atoms with Gasteiger partial charge in [-0.25, -0.2) is 0 Å². The second-order valence-corrected chi connectivity index (χ2v) is 1.24. The molecule has 0 fully saturated rings. The maximum Gasteiger partial charge on any atom is 0.176 e. The van der Waals surface area contributed by atoms with E-state index >= 15 is 0 Å². The smallest absolute Gasteiger partial charge is 0.176 e. The second kappa shape index (κ2) is 2.39. The molecule has 0 spiro atoms. The zero-order valence-electron chi connectivity index (χ0n) is 3.92. The first-order valence-electron chi connectivity index (χ1n) is 2.21. The van der Waals surface area contributed by atoms with E-state index in [4.69, 9.17) is 0 Å². The Hall–Kier alpha value is -0.790. The molecular weight excluding hydrogens is 90.1 g/mol. The highest BCUT2D eigenvalue weighted by molar-refractivity contribution is 5.46. The first-order chi connectivity index (χ1) is 3.50. The van der Waals surface area contributed by atoms with E-state index < -0.39 is 0 Å². The van der Waals surface area contributed by atoms with E-state index in [9.17, 15) is 0 Å². The van der Waals surface area contributed by atoms with Crippen LogP contribution in [0, 0.1) is 6.26 Å². The quantitative estimate of drug-likeness (QED) is 0.436. The maximum atomic E-state index is 4.60. The van der Waals surface area contributed by atoms with Crippen molar-refractivity contribution in [3.8, 4) is 0 Å². The molecule has 0 aliphatic carbocycles. The van der Waals surface area contributed by atoms with Gasteiger partial charge in [0.15, 0.2) is 12.7 Å². The number of hydrogen-bond acceptors (Lipinski definition) is 2. The molecule has 1 rings (SSSR count). The molecule has 2 heteroatoms. The van der Waals surface area contributed by atoms with Gasteiger partial charge >= 0.3 is 0 Å². The van der Waals surface area contributed by atoms with Crippen LogP contribution < -0.4 is 0 Å². The summed E-state index contributed by atoms with van der Waals surface area (Å²) in [5.74, 6) is 0. The lowest BCUT2D eigenvalue weighted by molar-refractivity contribution is 0.464. The third-order valence-corrected chi connectivity index (χ3v) is 0.681. The van der Waals surface area contributed by atoms with Crippen molar-refractivity contribution in [1.82, 2.24) is 0 Å². The van der Waals surface area contributed by atoms with E-state index in [0.717, 1.165) is 13.0 Å². The van der Waals surface area contributed by atoms with Crippen molar-refractivity contribution in [3.63, 3.8) is 0 Å². The van der Waals surface area contributed by atoms with E-state index in [1.165, 1.54) is 6.40 Å². The SMILES string of the molecule is [C]1=CCCN=CO1.